The molecule has 1 saturated carbocycles. The number of H-pyrrole nitrogens is 1. The van der Waals surface area contributed by atoms with E-state index in [-0.39, 0.29) is 61.9 Å². The number of hydrogen-bond acceptors (Lipinski definition) is 16. The van der Waals surface area contributed by atoms with E-state index in [1.54, 1.807) is 36.2 Å². The second kappa shape index (κ2) is 22.6. The molecule has 4 atom stereocenters. The monoisotopic (exact) mass is 1100 g/mol. The third-order valence-corrected chi connectivity index (χ3v) is 17.0. The normalized spacial score (nSPS) is 18.8. The lowest BCUT2D eigenvalue weighted by atomic mass is 9.88. The van der Waals surface area contributed by atoms with Crippen LogP contribution in [-0.4, -0.2) is 138 Å². The number of benzene rings is 4. The fourth-order valence-corrected chi connectivity index (χ4v) is 12.3. The van der Waals surface area contributed by atoms with E-state index in [1.807, 2.05) is 69.3 Å². The Morgan fingerprint density at radius 2 is 1.73 bits per heavy atom. The fourth-order valence-electron chi connectivity index (χ4n) is 11.5. The van der Waals surface area contributed by atoms with Gasteiger partial charge < -0.3 is 44.9 Å². The van der Waals surface area contributed by atoms with Crippen molar-refractivity contribution < 1.29 is 38.4 Å². The molecule has 2 amide bonds. The van der Waals surface area contributed by atoms with Gasteiger partial charge in [-0.15, -0.1) is 16.4 Å². The zero-order chi connectivity index (χ0) is 55.2. The molecule has 4 fully saturated rings. The van der Waals surface area contributed by atoms with Gasteiger partial charge in [0.2, 0.25) is 11.8 Å². The minimum Gasteiger partial charge on any atom is -0.486 e. The van der Waals surface area contributed by atoms with E-state index in [4.69, 9.17) is 24.2 Å². The number of carbonyl (C=O) groups is 2. The minimum atomic E-state index is -0.978. The van der Waals surface area contributed by atoms with Crippen LogP contribution in [0, 0.1) is 25.6 Å². The lowest BCUT2D eigenvalue weighted by Gasteiger charge is -2.31. The summed E-state index contributed by atoms with van der Waals surface area (Å²) in [5, 5.41) is 45.7. The minimum absolute atomic E-state index is 0.0366. The first-order chi connectivity index (χ1) is 38.9. The Hall–Kier alpha value is -7.43. The number of carbonyl (C=O) groups excluding carboxylic acids is 2. The first-order valence-corrected chi connectivity index (χ1v) is 28.5. The van der Waals surface area contributed by atoms with Crippen LogP contribution >= 0.6 is 11.3 Å². The number of anilines is 1. The highest BCUT2D eigenvalue weighted by molar-refractivity contribution is 7.13. The predicted molar refractivity (Wildman–Crippen MR) is 301 cm³/mol. The zero-order valence-electron chi connectivity index (χ0n) is 45.2. The average Bonchev–Trinajstić information content (AvgIpc) is 3.78. The number of aliphatic hydroxyl groups excluding tert-OH is 2. The van der Waals surface area contributed by atoms with Crippen molar-refractivity contribution in [2.24, 2.45) is 5.92 Å². The molecule has 3 saturated heterocycles. The summed E-state index contributed by atoms with van der Waals surface area (Å²) in [5.41, 5.74) is 10.7. The Balaban J connectivity index is 0.823. The number of thiazole rings is 1. The molecule has 19 nitrogen and oxygen atoms in total. The van der Waals surface area contributed by atoms with Crippen LogP contribution in [0.4, 0.5) is 10.2 Å². The molecule has 0 unspecified atom stereocenters. The first-order valence-electron chi connectivity index (χ1n) is 27.7. The summed E-state index contributed by atoms with van der Waals surface area (Å²) in [4.78, 5) is 48.0. The Morgan fingerprint density at radius 3 is 2.44 bits per heavy atom. The average molecular weight is 1110 g/mol. The van der Waals surface area contributed by atoms with Gasteiger partial charge >= 0.3 is 6.01 Å². The second-order valence-corrected chi connectivity index (χ2v) is 22.7. The van der Waals surface area contributed by atoms with Gasteiger partial charge in [-0.05, 0) is 78.5 Å². The van der Waals surface area contributed by atoms with Gasteiger partial charge in [-0.1, -0.05) is 67.6 Å². The molecule has 0 radical (unpaired) electrons. The molecule has 1 aliphatic carbocycles. The number of halogens is 1. The van der Waals surface area contributed by atoms with E-state index < -0.39 is 30.1 Å². The summed E-state index contributed by atoms with van der Waals surface area (Å²) in [6.45, 7) is 11.6. The molecule has 0 bridgehead atoms. The van der Waals surface area contributed by atoms with E-state index in [2.05, 4.69) is 47.1 Å². The maximum absolute atomic E-state index is 16.1. The number of fused-ring (bicyclic) bond motifs is 2. The van der Waals surface area contributed by atoms with Gasteiger partial charge in [-0.3, -0.25) is 14.7 Å². The number of aromatic nitrogens is 8. The van der Waals surface area contributed by atoms with Crippen molar-refractivity contribution in [2.75, 3.05) is 57.4 Å². The van der Waals surface area contributed by atoms with Crippen LogP contribution in [0.5, 0.6) is 11.8 Å². The highest BCUT2D eigenvalue weighted by atomic mass is 32.1. The number of rotatable bonds is 17. The van der Waals surface area contributed by atoms with Crippen LogP contribution in [0.15, 0.2) is 78.6 Å². The van der Waals surface area contributed by atoms with Gasteiger partial charge in [-0.2, -0.15) is 15.1 Å². The summed E-state index contributed by atoms with van der Waals surface area (Å²) in [7, 11) is 0. The highest BCUT2D eigenvalue weighted by Crippen LogP contribution is 2.53. The SMILES string of the molecule is Cc1ncsc1-c1ccc([C@H](CO)NC(=O)[C@@H]2C[C@@H](O)CN2C(=O)[C@H](C(C)C)n2cc(-c3ccc(COc4c(-c5c(C)c(F)cc6[nH]ncc56)c(C5CC5)cc5c(N6CCNCC6)nc(OC6CCOCC6)nc45)cc3)nn2)cc1. The van der Waals surface area contributed by atoms with Crippen molar-refractivity contribution in [1.29, 1.82) is 0 Å². The number of hydrogen-bond donors (Lipinski definition) is 5. The highest BCUT2D eigenvalue weighted by Gasteiger charge is 2.43. The Kier molecular flexibility index (Phi) is 15.0. The topological polar surface area (TPSA) is 231 Å². The summed E-state index contributed by atoms with van der Waals surface area (Å²) in [6, 6.07) is 16.8. The molecule has 3 aliphatic heterocycles. The van der Waals surface area contributed by atoms with Crippen molar-refractivity contribution in [2.45, 2.75) is 103 Å². The van der Waals surface area contributed by atoms with Gasteiger partial charge in [0, 0.05) is 79.4 Å². The number of amides is 2. The van der Waals surface area contributed by atoms with Crippen LogP contribution in [0.25, 0.3) is 54.6 Å². The number of ether oxygens (including phenoxy) is 3. The maximum atomic E-state index is 16.1. The maximum Gasteiger partial charge on any atom is 0.319 e. The zero-order valence-corrected chi connectivity index (χ0v) is 46.0. The van der Waals surface area contributed by atoms with Crippen molar-refractivity contribution in [3.8, 4) is 44.6 Å². The number of likely N-dealkylation sites (tertiary alicyclic amines) is 1. The number of piperazine rings is 1. The van der Waals surface area contributed by atoms with Crippen LogP contribution < -0.4 is 25.0 Å². The number of aliphatic hydroxyl groups is 2. The molecule has 4 aromatic heterocycles. The van der Waals surface area contributed by atoms with Crippen molar-refractivity contribution in [3.05, 3.63) is 112 Å². The third-order valence-electron chi connectivity index (χ3n) is 16.0. The summed E-state index contributed by atoms with van der Waals surface area (Å²) < 4.78 is 37.0. The van der Waals surface area contributed by atoms with Crippen LogP contribution in [0.2, 0.25) is 0 Å². The number of nitrogens with one attached hydrogen (secondary N) is 3. The molecule has 5 N–H and O–H groups in total. The Morgan fingerprint density at radius 1 is 0.963 bits per heavy atom. The number of β-amino-alcohol motifs (C(OH)–C–C–N with tert-alkyl or cyclic N) is 1. The van der Waals surface area contributed by atoms with Gasteiger partial charge in [0.1, 0.15) is 47.6 Å². The van der Waals surface area contributed by atoms with E-state index in [9.17, 15) is 19.8 Å². The largest absolute Gasteiger partial charge is 0.486 e. The summed E-state index contributed by atoms with van der Waals surface area (Å²) in [5.74, 6) is 0.0261. The van der Waals surface area contributed by atoms with Crippen LogP contribution in [0.1, 0.15) is 91.9 Å². The van der Waals surface area contributed by atoms with Gasteiger partial charge in [0.05, 0.1) is 66.0 Å². The first kappa shape index (κ1) is 53.2. The second-order valence-electron chi connectivity index (χ2n) is 21.8. The number of nitrogens with zero attached hydrogens (tertiary/aromatic N) is 9. The molecule has 12 rings (SSSR count). The molecule has 7 heterocycles. The molecular weight excluding hydrogens is 1040 g/mol. The van der Waals surface area contributed by atoms with Gasteiger partial charge in [-0.25, -0.2) is 14.1 Å². The summed E-state index contributed by atoms with van der Waals surface area (Å²) in [6.07, 6.45) is 5.86. The Bertz CT molecular complexity index is 3550. The Labute approximate surface area is 465 Å². The lowest BCUT2D eigenvalue weighted by Crippen LogP contribution is -2.50. The molecule has 21 heteroatoms. The predicted octanol–water partition coefficient (Wildman–Crippen LogP) is 7.74. The van der Waals surface area contributed by atoms with E-state index >= 15 is 4.39 Å². The number of aromatic amines is 1. The standard InChI is InChI=1S/C59H65FN12O7S/c1-32(2)53(58(76)71-27-40(74)23-49(71)57(75)64-48(29-73)38-11-13-39(14-12-38)55-34(4)62-31-80-55)72-28-47(68-69-72)37-7-5-35(6-8-37)30-78-54-51(50-33(3)45(60)25-46-44(50)26-63-67-46)42(36-9-10-36)24-43-52(54)65-59(79-41-15-21-77-22-16-41)66-56(43)70-19-17-61-18-20-70/h5-8,11-14,24-26,28,31-32,36,40-41,48-49,53,61,73-74H,9-10,15-23,27,29-30H2,1-4H3,(H,63,67)(H,64,75)/t40-,48+,49+,53+/m1/s1. The summed E-state index contributed by atoms with van der Waals surface area (Å²) >= 11 is 1.54. The van der Waals surface area contributed by atoms with Gasteiger partial charge in [0.25, 0.3) is 0 Å². The number of aryl methyl sites for hydroxylation is 1. The molecule has 80 heavy (non-hydrogen) atoms. The third kappa shape index (κ3) is 10.6. The quantitative estimate of drug-likeness (QED) is 0.0587. The van der Waals surface area contributed by atoms with E-state index in [0.29, 0.717) is 65.2 Å². The molecule has 8 aromatic rings. The smallest absolute Gasteiger partial charge is 0.319 e. The van der Waals surface area contributed by atoms with Crippen molar-refractivity contribution in [1.82, 2.24) is 55.7 Å². The molecule has 4 aromatic carbocycles. The fraction of sp³-hybridized carbons (Fsp3) is 0.424. The molecule has 416 valence electrons. The lowest BCUT2D eigenvalue weighted by molar-refractivity contribution is -0.142. The van der Waals surface area contributed by atoms with E-state index in [1.165, 1.54) is 15.6 Å². The van der Waals surface area contributed by atoms with Gasteiger partial charge in [0.15, 0.2) is 5.75 Å². The van der Waals surface area contributed by atoms with Crippen LogP contribution in [-0.2, 0) is 20.9 Å². The molecule has 0 spiro atoms. The van der Waals surface area contributed by atoms with E-state index in [0.717, 1.165) is 94.0 Å². The van der Waals surface area contributed by atoms with Crippen LogP contribution in [0.3, 0.4) is 0 Å². The molecule has 4 aliphatic rings. The van der Waals surface area contributed by atoms with Crippen molar-refractivity contribution >= 4 is 50.8 Å². The van der Waals surface area contributed by atoms with Crippen molar-refractivity contribution in [3.63, 3.8) is 0 Å². The molecular formula is C59H65FN12O7S.